The fourth-order valence-corrected chi connectivity index (χ4v) is 2.04. The Labute approximate surface area is 130 Å². The first-order valence-electron chi connectivity index (χ1n) is 6.68. The number of benzene rings is 1. The van der Waals surface area contributed by atoms with E-state index in [-0.39, 0.29) is 12.6 Å². The number of carbonyl (C=O) groups is 1. The van der Waals surface area contributed by atoms with Crippen molar-refractivity contribution in [1.29, 1.82) is 0 Å². The van der Waals surface area contributed by atoms with Gasteiger partial charge in [-0.3, -0.25) is 4.79 Å². The summed E-state index contributed by atoms with van der Waals surface area (Å²) in [6.07, 6.45) is 3.97. The molecule has 116 valence electrons. The quantitative estimate of drug-likeness (QED) is 0.772. The summed E-state index contributed by atoms with van der Waals surface area (Å²) in [4.78, 5) is 10.8. The number of nitrogens with one attached hydrogen (secondary N) is 1. The summed E-state index contributed by atoms with van der Waals surface area (Å²) < 4.78 is 10.5. The molecule has 6 heteroatoms. The van der Waals surface area contributed by atoms with Crippen LogP contribution in [0.5, 0.6) is 11.5 Å². The summed E-state index contributed by atoms with van der Waals surface area (Å²) in [6, 6.07) is 3.79. The molecule has 3 N–H and O–H groups in total. The largest absolute Gasteiger partial charge is 0.493 e. The Morgan fingerprint density at radius 1 is 1.52 bits per heavy atom. The van der Waals surface area contributed by atoms with Crippen molar-refractivity contribution in [3.05, 3.63) is 28.8 Å². The van der Waals surface area contributed by atoms with Crippen LogP contribution in [0, 0.1) is 0 Å². The normalized spacial score (nSPS) is 12.4. The number of carbonyl (C=O) groups excluding carboxylic acids is 1. The van der Waals surface area contributed by atoms with Gasteiger partial charge in [0.2, 0.25) is 0 Å². The van der Waals surface area contributed by atoms with E-state index in [1.807, 2.05) is 12.2 Å². The van der Waals surface area contributed by atoms with Gasteiger partial charge in [-0.25, -0.2) is 0 Å². The summed E-state index contributed by atoms with van der Waals surface area (Å²) in [5.74, 6) is 0.200. The molecule has 1 amide bonds. The van der Waals surface area contributed by atoms with E-state index in [9.17, 15) is 4.79 Å². The third-order valence-corrected chi connectivity index (χ3v) is 2.99. The molecule has 0 aliphatic rings. The summed E-state index contributed by atoms with van der Waals surface area (Å²) in [5.41, 5.74) is 5.94. The van der Waals surface area contributed by atoms with Crippen LogP contribution in [0.15, 0.2) is 18.2 Å². The third kappa shape index (κ3) is 5.65. The lowest BCUT2D eigenvalue weighted by atomic mass is 10.1. The predicted octanol–water partition coefficient (Wildman–Crippen LogP) is 2.22. The van der Waals surface area contributed by atoms with E-state index < -0.39 is 5.91 Å². The molecule has 0 saturated carbocycles. The number of methoxy groups -OCH3 is 1. The predicted molar refractivity (Wildman–Crippen MR) is 84.9 cm³/mol. The zero-order valence-electron chi connectivity index (χ0n) is 12.5. The van der Waals surface area contributed by atoms with Crippen molar-refractivity contribution >= 4 is 23.6 Å². The van der Waals surface area contributed by atoms with Crippen molar-refractivity contribution in [2.45, 2.75) is 19.9 Å². The Balaban J connectivity index is 2.95. The third-order valence-electron chi connectivity index (χ3n) is 2.71. The van der Waals surface area contributed by atoms with Gasteiger partial charge in [0.15, 0.2) is 18.1 Å². The van der Waals surface area contributed by atoms with Gasteiger partial charge in [-0.2, -0.15) is 0 Å². The number of halogens is 1. The molecular formula is C15H21ClN2O3. The SMILES string of the molecule is CCNC(C)/C=C/c1cc(Cl)c(OCC(N)=O)c(OC)c1. The van der Waals surface area contributed by atoms with Crippen molar-refractivity contribution in [3.63, 3.8) is 0 Å². The standard InChI is InChI=1S/C15H21ClN2O3/c1-4-18-10(2)5-6-11-7-12(16)15(13(8-11)20-3)21-9-14(17)19/h5-8,10,18H,4,9H2,1-3H3,(H2,17,19)/b6-5+. The number of primary amides is 1. The first-order chi connectivity index (χ1) is 9.97. The highest BCUT2D eigenvalue weighted by molar-refractivity contribution is 6.32. The van der Waals surface area contributed by atoms with E-state index in [0.29, 0.717) is 16.5 Å². The number of ether oxygens (including phenoxy) is 2. The summed E-state index contributed by atoms with van der Waals surface area (Å²) in [7, 11) is 1.51. The van der Waals surface area contributed by atoms with E-state index in [1.54, 1.807) is 12.1 Å². The van der Waals surface area contributed by atoms with Gasteiger partial charge in [0.05, 0.1) is 12.1 Å². The van der Waals surface area contributed by atoms with Crippen LogP contribution in [-0.2, 0) is 4.79 Å². The van der Waals surface area contributed by atoms with Gasteiger partial charge in [0.25, 0.3) is 5.91 Å². The molecule has 0 aromatic heterocycles. The fourth-order valence-electron chi connectivity index (χ4n) is 1.76. The molecule has 5 nitrogen and oxygen atoms in total. The Morgan fingerprint density at radius 3 is 2.81 bits per heavy atom. The number of hydrogen-bond donors (Lipinski definition) is 2. The molecule has 1 rings (SSSR count). The molecule has 1 atom stereocenters. The molecule has 0 heterocycles. The van der Waals surface area contributed by atoms with Crippen LogP contribution in [0.1, 0.15) is 19.4 Å². The maximum Gasteiger partial charge on any atom is 0.255 e. The van der Waals surface area contributed by atoms with Crippen molar-refractivity contribution in [2.24, 2.45) is 5.73 Å². The molecule has 0 aliphatic heterocycles. The van der Waals surface area contributed by atoms with E-state index >= 15 is 0 Å². The second kappa shape index (κ2) is 8.54. The van der Waals surface area contributed by atoms with Gasteiger partial charge >= 0.3 is 0 Å². The number of hydrogen-bond acceptors (Lipinski definition) is 4. The number of likely N-dealkylation sites (N-methyl/N-ethyl adjacent to an activating group) is 1. The van der Waals surface area contributed by atoms with Gasteiger partial charge in [-0.15, -0.1) is 0 Å². The van der Waals surface area contributed by atoms with Gasteiger partial charge in [0.1, 0.15) is 0 Å². The van der Waals surface area contributed by atoms with E-state index in [0.717, 1.165) is 12.1 Å². The monoisotopic (exact) mass is 312 g/mol. The average molecular weight is 313 g/mol. The molecular weight excluding hydrogens is 292 g/mol. The number of amides is 1. The second-order valence-corrected chi connectivity index (χ2v) is 4.90. The van der Waals surface area contributed by atoms with Crippen molar-refractivity contribution in [2.75, 3.05) is 20.3 Å². The van der Waals surface area contributed by atoms with E-state index in [2.05, 4.69) is 19.2 Å². The van der Waals surface area contributed by atoms with Crippen molar-refractivity contribution in [1.82, 2.24) is 5.32 Å². The fraction of sp³-hybridized carbons (Fsp3) is 0.400. The Kier molecular flexibility index (Phi) is 7.05. The highest BCUT2D eigenvalue weighted by Crippen LogP contribution is 2.36. The molecule has 0 fully saturated rings. The van der Waals surface area contributed by atoms with Crippen molar-refractivity contribution < 1.29 is 14.3 Å². The minimum absolute atomic E-state index is 0.247. The first kappa shape index (κ1) is 17.3. The molecule has 0 spiro atoms. The van der Waals surface area contributed by atoms with Crippen LogP contribution in [0.2, 0.25) is 5.02 Å². The number of rotatable bonds is 8. The molecule has 0 radical (unpaired) electrons. The zero-order chi connectivity index (χ0) is 15.8. The Morgan fingerprint density at radius 2 is 2.24 bits per heavy atom. The van der Waals surface area contributed by atoms with Gasteiger partial charge < -0.3 is 20.5 Å². The van der Waals surface area contributed by atoms with Gasteiger partial charge in [-0.1, -0.05) is 30.7 Å². The van der Waals surface area contributed by atoms with Crippen LogP contribution < -0.4 is 20.5 Å². The topological polar surface area (TPSA) is 73.6 Å². The van der Waals surface area contributed by atoms with Crippen LogP contribution in [-0.4, -0.2) is 32.2 Å². The molecule has 0 bridgehead atoms. The minimum atomic E-state index is -0.573. The molecule has 0 saturated heterocycles. The summed E-state index contributed by atoms with van der Waals surface area (Å²) >= 11 is 6.17. The second-order valence-electron chi connectivity index (χ2n) is 4.49. The average Bonchev–Trinajstić information content (AvgIpc) is 2.43. The van der Waals surface area contributed by atoms with Crippen LogP contribution in [0.3, 0.4) is 0 Å². The van der Waals surface area contributed by atoms with Crippen LogP contribution >= 0.6 is 11.6 Å². The van der Waals surface area contributed by atoms with Crippen LogP contribution in [0.25, 0.3) is 6.08 Å². The lowest BCUT2D eigenvalue weighted by Gasteiger charge is -2.12. The summed E-state index contributed by atoms with van der Waals surface area (Å²) in [6.45, 7) is 4.76. The van der Waals surface area contributed by atoms with Gasteiger partial charge in [-0.05, 0) is 31.2 Å². The maximum absolute atomic E-state index is 10.8. The van der Waals surface area contributed by atoms with Crippen LogP contribution in [0.4, 0.5) is 0 Å². The Bertz CT molecular complexity index is 518. The van der Waals surface area contributed by atoms with E-state index in [1.165, 1.54) is 7.11 Å². The molecule has 1 unspecified atom stereocenters. The maximum atomic E-state index is 10.8. The Hall–Kier alpha value is -1.72. The lowest BCUT2D eigenvalue weighted by Crippen LogP contribution is -2.22. The van der Waals surface area contributed by atoms with Crippen molar-refractivity contribution in [3.8, 4) is 11.5 Å². The molecule has 1 aromatic carbocycles. The zero-order valence-corrected chi connectivity index (χ0v) is 13.2. The highest BCUT2D eigenvalue weighted by atomic mass is 35.5. The van der Waals surface area contributed by atoms with E-state index in [4.69, 9.17) is 26.8 Å². The smallest absolute Gasteiger partial charge is 0.255 e. The lowest BCUT2D eigenvalue weighted by molar-refractivity contribution is -0.119. The molecule has 21 heavy (non-hydrogen) atoms. The highest BCUT2D eigenvalue weighted by Gasteiger charge is 2.12. The molecule has 1 aromatic rings. The minimum Gasteiger partial charge on any atom is -0.493 e. The number of nitrogens with two attached hydrogens (primary N) is 1. The van der Waals surface area contributed by atoms with Gasteiger partial charge in [0, 0.05) is 6.04 Å². The molecule has 0 aliphatic carbocycles. The first-order valence-corrected chi connectivity index (χ1v) is 7.06. The summed E-state index contributed by atoms with van der Waals surface area (Å²) in [5, 5.41) is 3.64.